The maximum atomic E-state index is 2.40. The zero-order chi connectivity index (χ0) is 13.8. The van der Waals surface area contributed by atoms with Crippen molar-refractivity contribution in [3.8, 4) is 0 Å². The molecule has 0 amide bonds. The fourth-order valence-corrected chi connectivity index (χ4v) is 5.44. The molecule has 0 fully saturated rings. The van der Waals surface area contributed by atoms with Crippen molar-refractivity contribution in [3.05, 3.63) is 69.4 Å². The van der Waals surface area contributed by atoms with E-state index in [4.69, 9.17) is 0 Å². The first-order chi connectivity index (χ1) is 10.4. The minimum atomic E-state index is 1.07. The van der Waals surface area contributed by atoms with E-state index in [1.54, 1.807) is 0 Å². The minimum Gasteiger partial charge on any atom is -0.135 e. The highest BCUT2D eigenvalue weighted by Crippen LogP contribution is 2.49. The van der Waals surface area contributed by atoms with Gasteiger partial charge in [-0.15, -0.1) is 11.3 Å². The molecule has 0 saturated heterocycles. The molecule has 2 aromatic carbocycles. The molecule has 3 aromatic rings. The third-order valence-electron chi connectivity index (χ3n) is 4.11. The van der Waals surface area contributed by atoms with Crippen molar-refractivity contribution >= 4 is 50.9 Å². The molecule has 2 heteroatoms. The highest BCUT2D eigenvalue weighted by molar-refractivity contribution is 8.03. The second-order valence-corrected chi connectivity index (χ2v) is 7.68. The van der Waals surface area contributed by atoms with Crippen LogP contribution in [0.25, 0.3) is 27.8 Å². The lowest BCUT2D eigenvalue weighted by atomic mass is 10.0. The van der Waals surface area contributed by atoms with Crippen molar-refractivity contribution in [1.29, 1.82) is 0 Å². The molecule has 5 rings (SSSR count). The lowest BCUT2D eigenvalue weighted by Gasteiger charge is -2.19. The number of thiophene rings is 1. The van der Waals surface area contributed by atoms with Crippen LogP contribution in [0, 0.1) is 0 Å². The van der Waals surface area contributed by atoms with Crippen LogP contribution < -0.4 is 0 Å². The number of allylic oxidation sites excluding steroid dienone is 2. The monoisotopic (exact) mass is 304 g/mol. The minimum absolute atomic E-state index is 1.07. The summed E-state index contributed by atoms with van der Waals surface area (Å²) in [6.07, 6.45) is 5.87. The summed E-state index contributed by atoms with van der Waals surface area (Å²) in [6.45, 7) is 0. The standard InChI is InChI=1S/C19H12S2/c1-3-7-17-14(5-1)12-9-13(20-17)11-16-15-6-2-4-8-18(15)21-19(16)10-12/h1-8,10-11H,9H2. The van der Waals surface area contributed by atoms with Crippen molar-refractivity contribution in [3.63, 3.8) is 0 Å². The van der Waals surface area contributed by atoms with Crippen molar-refractivity contribution in [2.75, 3.05) is 0 Å². The average Bonchev–Trinajstić information content (AvgIpc) is 2.78. The average molecular weight is 304 g/mol. The van der Waals surface area contributed by atoms with Gasteiger partial charge in [0.05, 0.1) is 0 Å². The molecular weight excluding hydrogens is 292 g/mol. The predicted molar refractivity (Wildman–Crippen MR) is 94.6 cm³/mol. The van der Waals surface area contributed by atoms with Crippen LogP contribution in [0.2, 0.25) is 0 Å². The molecule has 0 spiro atoms. The number of hydrogen-bond acceptors (Lipinski definition) is 2. The molecular formula is C19H12S2. The fourth-order valence-electron chi connectivity index (χ4n) is 3.15. The maximum Gasteiger partial charge on any atom is 0.0358 e. The van der Waals surface area contributed by atoms with Gasteiger partial charge in [0.2, 0.25) is 0 Å². The Morgan fingerprint density at radius 2 is 1.71 bits per heavy atom. The van der Waals surface area contributed by atoms with Gasteiger partial charge in [0.1, 0.15) is 0 Å². The Balaban J connectivity index is 1.84. The highest BCUT2D eigenvalue weighted by Gasteiger charge is 2.22. The lowest BCUT2D eigenvalue weighted by Crippen LogP contribution is -1.94. The molecule has 100 valence electrons. The largest absolute Gasteiger partial charge is 0.135 e. The third-order valence-corrected chi connectivity index (χ3v) is 6.35. The molecule has 2 aliphatic rings. The van der Waals surface area contributed by atoms with Crippen LogP contribution in [0.15, 0.2) is 58.3 Å². The Labute approximate surface area is 131 Å². The van der Waals surface area contributed by atoms with Gasteiger partial charge in [0.15, 0.2) is 0 Å². The van der Waals surface area contributed by atoms with Gasteiger partial charge in [0.25, 0.3) is 0 Å². The van der Waals surface area contributed by atoms with Crippen molar-refractivity contribution in [2.24, 2.45) is 0 Å². The van der Waals surface area contributed by atoms with E-state index >= 15 is 0 Å². The first-order valence-electron chi connectivity index (χ1n) is 7.08. The molecule has 1 aliphatic heterocycles. The summed E-state index contributed by atoms with van der Waals surface area (Å²) < 4.78 is 1.38. The van der Waals surface area contributed by atoms with E-state index in [-0.39, 0.29) is 0 Å². The Morgan fingerprint density at radius 3 is 2.71 bits per heavy atom. The molecule has 0 atom stereocenters. The normalized spacial score (nSPS) is 15.8. The lowest BCUT2D eigenvalue weighted by molar-refractivity contribution is 1.28. The molecule has 21 heavy (non-hydrogen) atoms. The summed E-state index contributed by atoms with van der Waals surface area (Å²) in [5.41, 5.74) is 4.27. The van der Waals surface area contributed by atoms with Crippen LogP contribution in [0.1, 0.15) is 22.4 Å². The van der Waals surface area contributed by atoms with Crippen molar-refractivity contribution in [1.82, 2.24) is 0 Å². The van der Waals surface area contributed by atoms with E-state index in [0.29, 0.717) is 0 Å². The van der Waals surface area contributed by atoms with Crippen LogP contribution >= 0.6 is 23.1 Å². The molecule has 1 aromatic heterocycles. The maximum absolute atomic E-state index is 2.40. The summed E-state index contributed by atoms with van der Waals surface area (Å²) in [7, 11) is 0. The summed E-state index contributed by atoms with van der Waals surface area (Å²) >= 11 is 3.83. The van der Waals surface area contributed by atoms with E-state index in [0.717, 1.165) is 6.42 Å². The van der Waals surface area contributed by atoms with Gasteiger partial charge < -0.3 is 0 Å². The van der Waals surface area contributed by atoms with Gasteiger partial charge in [0, 0.05) is 31.8 Å². The molecule has 0 radical (unpaired) electrons. The molecule has 0 N–H and O–H groups in total. The summed E-state index contributed by atoms with van der Waals surface area (Å²) in [6, 6.07) is 17.5. The smallest absolute Gasteiger partial charge is 0.0358 e. The second kappa shape index (κ2) is 4.36. The molecule has 0 saturated carbocycles. The molecule has 0 nitrogen and oxygen atoms in total. The zero-order valence-electron chi connectivity index (χ0n) is 11.3. The molecule has 0 unspecified atom stereocenters. The number of rotatable bonds is 0. The Kier molecular flexibility index (Phi) is 2.46. The van der Waals surface area contributed by atoms with Crippen molar-refractivity contribution < 1.29 is 0 Å². The van der Waals surface area contributed by atoms with E-state index in [1.165, 1.54) is 41.5 Å². The Morgan fingerprint density at radius 1 is 0.857 bits per heavy atom. The predicted octanol–water partition coefficient (Wildman–Crippen LogP) is 6.29. The van der Waals surface area contributed by atoms with Crippen molar-refractivity contribution in [2.45, 2.75) is 11.3 Å². The van der Waals surface area contributed by atoms with Crippen LogP contribution in [0.3, 0.4) is 0 Å². The number of fused-ring (bicyclic) bond motifs is 7. The van der Waals surface area contributed by atoms with Crippen LogP contribution in [-0.4, -0.2) is 0 Å². The molecule has 2 bridgehead atoms. The first-order valence-corrected chi connectivity index (χ1v) is 8.72. The fraction of sp³-hybridized carbons (Fsp3) is 0.0526. The second-order valence-electron chi connectivity index (χ2n) is 5.43. The Bertz CT molecular complexity index is 941. The van der Waals surface area contributed by atoms with Gasteiger partial charge >= 0.3 is 0 Å². The summed E-state index contributed by atoms with van der Waals surface area (Å²) in [5.74, 6) is 0. The molecule has 1 aliphatic carbocycles. The zero-order valence-corrected chi connectivity index (χ0v) is 12.9. The highest BCUT2D eigenvalue weighted by atomic mass is 32.2. The topological polar surface area (TPSA) is 0 Å². The third kappa shape index (κ3) is 1.76. The number of thioether (sulfide) groups is 1. The van der Waals surface area contributed by atoms with E-state index in [2.05, 4.69) is 60.7 Å². The van der Waals surface area contributed by atoms with E-state index in [9.17, 15) is 0 Å². The van der Waals surface area contributed by atoms with Gasteiger partial charge in [-0.25, -0.2) is 0 Å². The van der Waals surface area contributed by atoms with Crippen LogP contribution in [0.5, 0.6) is 0 Å². The van der Waals surface area contributed by atoms with Gasteiger partial charge in [-0.05, 0) is 40.3 Å². The van der Waals surface area contributed by atoms with Gasteiger partial charge in [-0.1, -0.05) is 48.2 Å². The molecule has 2 heterocycles. The van der Waals surface area contributed by atoms with Crippen LogP contribution in [0.4, 0.5) is 0 Å². The van der Waals surface area contributed by atoms with Crippen LogP contribution in [-0.2, 0) is 0 Å². The van der Waals surface area contributed by atoms with E-state index < -0.39 is 0 Å². The number of benzene rings is 2. The van der Waals surface area contributed by atoms with Gasteiger partial charge in [-0.3, -0.25) is 0 Å². The quantitative estimate of drug-likeness (QED) is 0.470. The summed E-state index contributed by atoms with van der Waals surface area (Å²) in [4.78, 5) is 4.25. The number of hydrogen-bond donors (Lipinski definition) is 0. The first kappa shape index (κ1) is 11.8. The van der Waals surface area contributed by atoms with Gasteiger partial charge in [-0.2, -0.15) is 0 Å². The summed E-state index contributed by atoms with van der Waals surface area (Å²) in [5, 5.41) is 1.39. The Hall–Kier alpha value is -1.77. The SMILES string of the molecule is C1=C2CC(=Cc3sc4ccccc4c31)c1ccccc1S2. The van der Waals surface area contributed by atoms with E-state index in [1.807, 2.05) is 23.1 Å².